The van der Waals surface area contributed by atoms with E-state index in [-0.39, 0.29) is 28.8 Å². The smallest absolute Gasteiger partial charge is 0.263 e. The molecule has 4 aromatic rings. The molecule has 12 heteroatoms. The third-order valence-electron chi connectivity index (χ3n) is 4.90. The summed E-state index contributed by atoms with van der Waals surface area (Å²) in [5.41, 5.74) is 6.94. The lowest BCUT2D eigenvalue weighted by molar-refractivity contribution is 0.0954. The third kappa shape index (κ3) is 5.43. The van der Waals surface area contributed by atoms with Crippen molar-refractivity contribution >= 4 is 55.9 Å². The van der Waals surface area contributed by atoms with Crippen LogP contribution in [0.5, 0.6) is 5.75 Å². The lowest BCUT2D eigenvalue weighted by Gasteiger charge is -2.15. The molecule has 0 atom stereocenters. The van der Waals surface area contributed by atoms with Gasteiger partial charge >= 0.3 is 0 Å². The molecule has 0 aliphatic carbocycles. The highest BCUT2D eigenvalue weighted by atomic mass is 35.5. The van der Waals surface area contributed by atoms with E-state index in [0.29, 0.717) is 27.5 Å². The van der Waals surface area contributed by atoms with E-state index in [4.69, 9.17) is 22.1 Å². The average molecular weight is 513 g/mol. The summed E-state index contributed by atoms with van der Waals surface area (Å²) in [5.74, 6) is 0.115. The van der Waals surface area contributed by atoms with Crippen LogP contribution in [-0.2, 0) is 10.0 Å². The highest BCUT2D eigenvalue weighted by molar-refractivity contribution is 7.92. The third-order valence-corrected chi connectivity index (χ3v) is 6.56. The van der Waals surface area contributed by atoms with E-state index < -0.39 is 15.9 Å². The molecule has 0 radical (unpaired) electrons. The molecule has 4 rings (SSSR count). The quantitative estimate of drug-likeness (QED) is 0.262. The molecule has 1 aromatic heterocycles. The van der Waals surface area contributed by atoms with Crippen LogP contribution in [0.2, 0.25) is 5.02 Å². The van der Waals surface area contributed by atoms with Crippen molar-refractivity contribution in [2.75, 3.05) is 23.8 Å². The zero-order valence-corrected chi connectivity index (χ0v) is 20.0. The number of para-hydroxylation sites is 2. The Kier molecular flexibility index (Phi) is 7.01. The lowest BCUT2D eigenvalue weighted by Crippen LogP contribution is -2.29. The first-order chi connectivity index (χ1) is 16.8. The van der Waals surface area contributed by atoms with Crippen molar-refractivity contribution < 1.29 is 17.9 Å². The van der Waals surface area contributed by atoms with Crippen LogP contribution in [0, 0.1) is 0 Å². The molecule has 0 unspecified atom stereocenters. The molecular formula is C23H21ClN6O4S. The maximum atomic E-state index is 13.2. The minimum absolute atomic E-state index is 0.0561. The van der Waals surface area contributed by atoms with Crippen LogP contribution < -0.4 is 25.8 Å². The Morgan fingerprint density at radius 1 is 1.00 bits per heavy atom. The van der Waals surface area contributed by atoms with Gasteiger partial charge in [-0.05, 0) is 42.5 Å². The predicted octanol–water partition coefficient (Wildman–Crippen LogP) is 3.48. The highest BCUT2D eigenvalue weighted by Gasteiger charge is 2.21. The summed E-state index contributed by atoms with van der Waals surface area (Å²) in [4.78, 5) is 21.0. The van der Waals surface area contributed by atoms with Crippen molar-refractivity contribution in [1.82, 2.24) is 15.3 Å². The van der Waals surface area contributed by atoms with Crippen LogP contribution in [0.4, 0.5) is 17.3 Å². The first-order valence-electron chi connectivity index (χ1n) is 10.3. The van der Waals surface area contributed by atoms with Crippen LogP contribution in [-0.4, -0.2) is 38.1 Å². The van der Waals surface area contributed by atoms with Gasteiger partial charge in [0.25, 0.3) is 15.9 Å². The Balaban J connectivity index is 1.76. The fourth-order valence-corrected chi connectivity index (χ4v) is 4.42. The Morgan fingerprint density at radius 2 is 1.71 bits per heavy atom. The standard InChI is InChI=1S/C23H21ClN6O4S/c1-34-15-9-10-17(24)20(12-15)29-21-22(28-19-8-3-2-7-18(19)27-21)30-35(32,33)16-6-4-5-14(11-16)23(31)26-13-25/h2-12H,13,25H2,1H3,(H,26,31)(H,27,29)(H,28,30). The summed E-state index contributed by atoms with van der Waals surface area (Å²) in [5, 5.41) is 5.84. The number of nitrogens with two attached hydrogens (primary N) is 1. The van der Waals surface area contributed by atoms with Gasteiger partial charge in [0, 0.05) is 11.6 Å². The normalized spacial score (nSPS) is 11.2. The molecule has 5 N–H and O–H groups in total. The van der Waals surface area contributed by atoms with Gasteiger partial charge in [-0.1, -0.05) is 29.8 Å². The number of carbonyl (C=O) groups is 1. The van der Waals surface area contributed by atoms with Crippen LogP contribution >= 0.6 is 11.6 Å². The molecule has 0 aliphatic rings. The predicted molar refractivity (Wildman–Crippen MR) is 135 cm³/mol. The molecule has 0 saturated heterocycles. The highest BCUT2D eigenvalue weighted by Crippen LogP contribution is 2.32. The summed E-state index contributed by atoms with van der Waals surface area (Å²) >= 11 is 6.32. The summed E-state index contributed by atoms with van der Waals surface area (Å²) in [6, 6.07) is 17.5. The second-order valence-electron chi connectivity index (χ2n) is 7.22. The van der Waals surface area contributed by atoms with E-state index in [1.54, 1.807) is 42.5 Å². The van der Waals surface area contributed by atoms with Crippen LogP contribution in [0.15, 0.2) is 71.6 Å². The summed E-state index contributed by atoms with van der Waals surface area (Å²) in [6.45, 7) is -0.0808. The molecule has 0 fully saturated rings. The second-order valence-corrected chi connectivity index (χ2v) is 9.31. The molecular weight excluding hydrogens is 492 g/mol. The monoisotopic (exact) mass is 512 g/mol. The number of amides is 1. The molecule has 3 aromatic carbocycles. The maximum Gasteiger partial charge on any atom is 0.263 e. The Labute approximate surface area is 206 Å². The van der Waals surface area contributed by atoms with Gasteiger partial charge in [0.05, 0.1) is 40.4 Å². The number of sulfonamides is 1. The molecule has 0 spiro atoms. The first-order valence-corrected chi connectivity index (χ1v) is 12.2. The van der Waals surface area contributed by atoms with Crippen molar-refractivity contribution in [2.24, 2.45) is 5.73 Å². The zero-order valence-electron chi connectivity index (χ0n) is 18.4. The van der Waals surface area contributed by atoms with Crippen molar-refractivity contribution in [3.05, 3.63) is 77.3 Å². The number of halogens is 1. The van der Waals surface area contributed by atoms with Crippen LogP contribution in [0.1, 0.15) is 10.4 Å². The van der Waals surface area contributed by atoms with Crippen LogP contribution in [0.25, 0.3) is 11.0 Å². The maximum absolute atomic E-state index is 13.2. The van der Waals surface area contributed by atoms with Crippen molar-refractivity contribution in [3.63, 3.8) is 0 Å². The van der Waals surface area contributed by atoms with E-state index in [1.165, 1.54) is 31.4 Å². The van der Waals surface area contributed by atoms with E-state index in [2.05, 4.69) is 25.3 Å². The topological polar surface area (TPSA) is 148 Å². The van der Waals surface area contributed by atoms with Crippen LogP contribution in [0.3, 0.4) is 0 Å². The van der Waals surface area contributed by atoms with Gasteiger partial charge in [0.15, 0.2) is 11.6 Å². The van der Waals surface area contributed by atoms with Crippen molar-refractivity contribution in [2.45, 2.75) is 4.90 Å². The molecule has 10 nitrogen and oxygen atoms in total. The average Bonchev–Trinajstić information content (AvgIpc) is 2.85. The van der Waals surface area contributed by atoms with Gasteiger partial charge in [0.2, 0.25) is 0 Å². The molecule has 35 heavy (non-hydrogen) atoms. The number of nitrogens with zero attached hydrogens (tertiary/aromatic N) is 2. The minimum atomic E-state index is -4.15. The number of hydrogen-bond donors (Lipinski definition) is 4. The number of hydrogen-bond acceptors (Lipinski definition) is 8. The van der Waals surface area contributed by atoms with Gasteiger partial charge in [-0.15, -0.1) is 0 Å². The zero-order chi connectivity index (χ0) is 25.0. The fraction of sp³-hybridized carbons (Fsp3) is 0.0870. The SMILES string of the molecule is COc1ccc(Cl)c(Nc2nc3ccccc3nc2NS(=O)(=O)c2cccc(C(=O)NCN)c2)c1. The summed E-state index contributed by atoms with van der Waals surface area (Å²) in [6.07, 6.45) is 0. The molecule has 0 bridgehead atoms. The number of methoxy groups -OCH3 is 1. The van der Waals surface area contributed by atoms with E-state index >= 15 is 0 Å². The summed E-state index contributed by atoms with van der Waals surface area (Å²) in [7, 11) is -2.63. The Hall–Kier alpha value is -3.93. The number of benzene rings is 3. The first kappa shape index (κ1) is 24.2. The number of ether oxygens (including phenoxy) is 1. The number of nitrogens with one attached hydrogen (secondary N) is 3. The lowest BCUT2D eigenvalue weighted by atomic mass is 10.2. The van der Waals surface area contributed by atoms with Crippen molar-refractivity contribution in [1.29, 1.82) is 0 Å². The van der Waals surface area contributed by atoms with Gasteiger partial charge in [-0.2, -0.15) is 0 Å². The number of rotatable bonds is 8. The Morgan fingerprint density at radius 3 is 2.40 bits per heavy atom. The summed E-state index contributed by atoms with van der Waals surface area (Å²) < 4.78 is 34.2. The van der Waals surface area contributed by atoms with Crippen molar-refractivity contribution in [3.8, 4) is 5.75 Å². The number of aromatic nitrogens is 2. The van der Waals surface area contributed by atoms with Gasteiger partial charge in [0.1, 0.15) is 5.75 Å². The van der Waals surface area contributed by atoms with Gasteiger partial charge < -0.3 is 21.1 Å². The molecule has 1 amide bonds. The second kappa shape index (κ2) is 10.1. The molecule has 0 aliphatic heterocycles. The number of fused-ring (bicyclic) bond motifs is 1. The van der Waals surface area contributed by atoms with E-state index in [9.17, 15) is 13.2 Å². The minimum Gasteiger partial charge on any atom is -0.497 e. The molecule has 180 valence electrons. The van der Waals surface area contributed by atoms with Gasteiger partial charge in [-0.25, -0.2) is 18.4 Å². The number of carbonyl (C=O) groups excluding carboxylic acids is 1. The molecule has 1 heterocycles. The van der Waals surface area contributed by atoms with Gasteiger partial charge in [-0.3, -0.25) is 9.52 Å². The van der Waals surface area contributed by atoms with E-state index in [0.717, 1.165) is 0 Å². The Bertz CT molecular complexity index is 1510. The molecule has 0 saturated carbocycles. The van der Waals surface area contributed by atoms with E-state index in [1.807, 2.05) is 0 Å². The fourth-order valence-electron chi connectivity index (χ4n) is 3.20. The number of anilines is 3. The largest absolute Gasteiger partial charge is 0.497 e.